The van der Waals surface area contributed by atoms with Crippen molar-refractivity contribution < 1.29 is 9.21 Å². The molecule has 1 aromatic heterocycles. The van der Waals surface area contributed by atoms with E-state index in [2.05, 4.69) is 11.4 Å². The zero-order valence-electron chi connectivity index (χ0n) is 11.9. The fourth-order valence-corrected chi connectivity index (χ4v) is 2.71. The molecule has 1 atom stereocenters. The molecular formula is C15H14ClN3O3. The molecule has 0 aliphatic heterocycles. The van der Waals surface area contributed by atoms with Crippen LogP contribution in [0.4, 0.5) is 0 Å². The summed E-state index contributed by atoms with van der Waals surface area (Å²) < 4.78 is 6.30. The Kier molecular flexibility index (Phi) is 3.45. The van der Waals surface area contributed by atoms with Crippen LogP contribution in [0.5, 0.6) is 0 Å². The number of oxazole rings is 1. The van der Waals surface area contributed by atoms with Gasteiger partial charge in [-0.1, -0.05) is 11.6 Å². The van der Waals surface area contributed by atoms with Gasteiger partial charge < -0.3 is 9.73 Å². The Labute approximate surface area is 131 Å². The molecule has 0 saturated heterocycles. The second-order valence-electron chi connectivity index (χ2n) is 5.70. The Morgan fingerprint density at radius 1 is 1.59 bits per heavy atom. The van der Waals surface area contributed by atoms with Crippen LogP contribution in [0.2, 0.25) is 5.02 Å². The van der Waals surface area contributed by atoms with E-state index in [1.54, 1.807) is 19.1 Å². The van der Waals surface area contributed by atoms with Gasteiger partial charge in [0.25, 0.3) is 0 Å². The van der Waals surface area contributed by atoms with Gasteiger partial charge in [-0.2, -0.15) is 5.26 Å². The van der Waals surface area contributed by atoms with Crippen LogP contribution in [0.3, 0.4) is 0 Å². The first-order chi connectivity index (χ1) is 10.4. The predicted molar refractivity (Wildman–Crippen MR) is 80.4 cm³/mol. The maximum Gasteiger partial charge on any atom is 0.420 e. The number of nitrogens with one attached hydrogen (secondary N) is 1. The lowest BCUT2D eigenvalue weighted by atomic mass is 9.98. The number of halogens is 1. The minimum atomic E-state index is -0.885. The fourth-order valence-electron chi connectivity index (χ4n) is 2.54. The Bertz CT molecular complexity index is 844. The molecule has 114 valence electrons. The van der Waals surface area contributed by atoms with Gasteiger partial charge in [0.2, 0.25) is 5.91 Å². The van der Waals surface area contributed by atoms with Crippen LogP contribution >= 0.6 is 11.6 Å². The SMILES string of the molecule is C[C@@](C#N)(NC(=O)Cn1c(=O)oc2cc(Cl)ccc21)C1CC1. The van der Waals surface area contributed by atoms with Crippen LogP contribution in [0, 0.1) is 17.2 Å². The summed E-state index contributed by atoms with van der Waals surface area (Å²) in [5.74, 6) is -0.841. The lowest BCUT2D eigenvalue weighted by molar-refractivity contribution is -0.123. The Morgan fingerprint density at radius 2 is 2.32 bits per heavy atom. The fraction of sp³-hybridized carbons (Fsp3) is 0.400. The van der Waals surface area contributed by atoms with Gasteiger partial charge in [-0.15, -0.1) is 0 Å². The summed E-state index contributed by atoms with van der Waals surface area (Å²) in [6.07, 6.45) is 1.86. The average Bonchev–Trinajstić information content (AvgIpc) is 3.26. The van der Waals surface area contributed by atoms with E-state index in [9.17, 15) is 14.9 Å². The first-order valence-corrected chi connectivity index (χ1v) is 7.32. The van der Waals surface area contributed by atoms with Gasteiger partial charge in [0, 0.05) is 11.1 Å². The molecule has 3 rings (SSSR count). The lowest BCUT2D eigenvalue weighted by Gasteiger charge is -2.22. The van der Waals surface area contributed by atoms with Gasteiger partial charge in [0.15, 0.2) is 5.58 Å². The summed E-state index contributed by atoms with van der Waals surface area (Å²) in [6.45, 7) is 1.51. The van der Waals surface area contributed by atoms with Gasteiger partial charge in [0.1, 0.15) is 12.1 Å². The molecule has 2 aromatic rings. The number of carbonyl (C=O) groups excluding carboxylic acids is 1. The lowest BCUT2D eigenvalue weighted by Crippen LogP contribution is -2.48. The third-order valence-corrected chi connectivity index (χ3v) is 4.19. The number of aromatic nitrogens is 1. The molecular weight excluding hydrogens is 306 g/mol. The maximum absolute atomic E-state index is 12.2. The van der Waals surface area contributed by atoms with Crippen LogP contribution in [-0.2, 0) is 11.3 Å². The number of amides is 1. The molecule has 1 amide bonds. The normalized spacial score (nSPS) is 17.0. The van der Waals surface area contributed by atoms with Gasteiger partial charge in [-0.05, 0) is 37.8 Å². The molecule has 7 heteroatoms. The van der Waals surface area contributed by atoms with E-state index in [-0.39, 0.29) is 12.5 Å². The van der Waals surface area contributed by atoms with Gasteiger partial charge in [-0.25, -0.2) is 4.79 Å². The second kappa shape index (κ2) is 5.18. The van der Waals surface area contributed by atoms with Crippen molar-refractivity contribution in [1.29, 1.82) is 5.26 Å². The standard InChI is InChI=1S/C15H14ClN3O3/c1-15(8-17,9-2-3-9)18-13(20)7-19-11-5-4-10(16)6-12(11)22-14(19)21/h4-6,9H,2-3,7H2,1H3,(H,18,20)/t15-/m0/s1. The molecule has 22 heavy (non-hydrogen) atoms. The Balaban J connectivity index is 1.84. The van der Waals surface area contributed by atoms with Crippen molar-refractivity contribution in [1.82, 2.24) is 9.88 Å². The number of hydrogen-bond donors (Lipinski definition) is 1. The van der Waals surface area contributed by atoms with Crippen molar-refractivity contribution >= 4 is 28.6 Å². The van der Waals surface area contributed by atoms with E-state index in [1.807, 2.05) is 0 Å². The summed E-state index contributed by atoms with van der Waals surface area (Å²) in [7, 11) is 0. The van der Waals surface area contributed by atoms with E-state index >= 15 is 0 Å². The first kappa shape index (κ1) is 14.7. The molecule has 6 nitrogen and oxygen atoms in total. The molecule has 0 radical (unpaired) electrons. The number of fused-ring (bicyclic) bond motifs is 1. The van der Waals surface area contributed by atoms with Crippen molar-refractivity contribution in [2.45, 2.75) is 31.8 Å². The highest BCUT2D eigenvalue weighted by Gasteiger charge is 2.43. The molecule has 1 fully saturated rings. The largest absolute Gasteiger partial charge is 0.420 e. The van der Waals surface area contributed by atoms with Gasteiger partial charge in [-0.3, -0.25) is 9.36 Å². The Hall–Kier alpha value is -2.26. The maximum atomic E-state index is 12.2. The quantitative estimate of drug-likeness (QED) is 0.934. The van der Waals surface area contributed by atoms with E-state index in [0.29, 0.717) is 16.1 Å². The number of rotatable bonds is 4. The van der Waals surface area contributed by atoms with Crippen LogP contribution in [0.1, 0.15) is 19.8 Å². The van der Waals surface area contributed by atoms with E-state index in [0.717, 1.165) is 12.8 Å². The van der Waals surface area contributed by atoms with Crippen molar-refractivity contribution in [3.8, 4) is 6.07 Å². The number of benzene rings is 1. The molecule has 0 unspecified atom stereocenters. The van der Waals surface area contributed by atoms with E-state index in [1.165, 1.54) is 10.6 Å². The summed E-state index contributed by atoms with van der Waals surface area (Å²) in [6, 6.07) is 6.92. The van der Waals surface area contributed by atoms with E-state index < -0.39 is 17.2 Å². The number of nitriles is 1. The molecule has 1 aliphatic rings. The summed E-state index contributed by atoms with van der Waals surface area (Å²) >= 11 is 5.85. The van der Waals surface area contributed by atoms with Crippen LogP contribution < -0.4 is 11.1 Å². The molecule has 1 heterocycles. The van der Waals surface area contributed by atoms with Gasteiger partial charge >= 0.3 is 5.76 Å². The molecule has 0 spiro atoms. The molecule has 1 aliphatic carbocycles. The summed E-state index contributed by atoms with van der Waals surface area (Å²) in [5.41, 5.74) is -0.0611. The highest BCUT2D eigenvalue weighted by Crippen LogP contribution is 2.39. The van der Waals surface area contributed by atoms with Crippen molar-refractivity contribution in [3.05, 3.63) is 33.8 Å². The van der Waals surface area contributed by atoms with Crippen LogP contribution in [0.15, 0.2) is 27.4 Å². The number of nitrogens with zero attached hydrogens (tertiary/aromatic N) is 2. The summed E-state index contributed by atoms with van der Waals surface area (Å²) in [5, 5.41) is 12.4. The second-order valence-corrected chi connectivity index (χ2v) is 6.14. The third kappa shape index (κ3) is 2.60. The van der Waals surface area contributed by atoms with Crippen molar-refractivity contribution in [2.24, 2.45) is 5.92 Å². The summed E-state index contributed by atoms with van der Waals surface area (Å²) in [4.78, 5) is 24.1. The molecule has 1 N–H and O–H groups in total. The van der Waals surface area contributed by atoms with Gasteiger partial charge in [0.05, 0.1) is 11.6 Å². The zero-order valence-corrected chi connectivity index (χ0v) is 12.7. The minimum absolute atomic E-state index is 0.179. The van der Waals surface area contributed by atoms with Crippen molar-refractivity contribution in [3.63, 3.8) is 0 Å². The topological polar surface area (TPSA) is 88.0 Å². The minimum Gasteiger partial charge on any atom is -0.408 e. The Morgan fingerprint density at radius 3 is 2.95 bits per heavy atom. The first-order valence-electron chi connectivity index (χ1n) is 6.94. The average molecular weight is 320 g/mol. The zero-order chi connectivity index (χ0) is 15.9. The molecule has 1 aromatic carbocycles. The van der Waals surface area contributed by atoms with Crippen LogP contribution in [0.25, 0.3) is 11.1 Å². The molecule has 0 bridgehead atoms. The highest BCUT2D eigenvalue weighted by molar-refractivity contribution is 6.31. The van der Waals surface area contributed by atoms with Crippen molar-refractivity contribution in [2.75, 3.05) is 0 Å². The number of hydrogen-bond acceptors (Lipinski definition) is 4. The van der Waals surface area contributed by atoms with E-state index in [4.69, 9.17) is 16.0 Å². The number of carbonyl (C=O) groups is 1. The predicted octanol–water partition coefficient (Wildman–Crippen LogP) is 2.06. The molecule has 1 saturated carbocycles. The highest BCUT2D eigenvalue weighted by atomic mass is 35.5. The van der Waals surface area contributed by atoms with Crippen LogP contribution in [-0.4, -0.2) is 16.0 Å². The smallest absolute Gasteiger partial charge is 0.408 e. The third-order valence-electron chi connectivity index (χ3n) is 3.96. The monoisotopic (exact) mass is 319 g/mol.